The number of amides is 1. The van der Waals surface area contributed by atoms with Crippen LogP contribution in [0.3, 0.4) is 0 Å². The molecule has 1 saturated carbocycles. The Labute approximate surface area is 99.2 Å². The first-order chi connectivity index (χ1) is 7.84. The van der Waals surface area contributed by atoms with Crippen molar-refractivity contribution < 1.29 is 4.79 Å². The molecule has 86 valence electrons. The Balaban J connectivity index is 1.79. The number of carbonyl (C=O) groups excluding carboxylic acids is 1. The molecule has 3 rings (SSSR count). The molecule has 0 radical (unpaired) electrons. The fourth-order valence-corrected chi connectivity index (χ4v) is 3.47. The van der Waals surface area contributed by atoms with Gasteiger partial charge in [-0.1, -0.05) is 19.3 Å². The van der Waals surface area contributed by atoms with Gasteiger partial charge in [-0.15, -0.1) is 11.3 Å². The Morgan fingerprint density at radius 3 is 2.69 bits per heavy atom. The molecular weight excluding hydrogens is 220 g/mol. The Kier molecular flexibility index (Phi) is 2.59. The second kappa shape index (κ2) is 4.09. The summed E-state index contributed by atoms with van der Waals surface area (Å²) in [5.74, 6) is 0.666. The topological polar surface area (TPSA) is 41.1 Å². The second-order valence-electron chi connectivity index (χ2n) is 4.71. The number of nitrogens with one attached hydrogen (secondary N) is 2. The maximum absolute atomic E-state index is 12.0. The predicted octanol–water partition coefficient (Wildman–Crippen LogP) is 3.06. The number of rotatable bonds is 1. The van der Waals surface area contributed by atoms with Crippen molar-refractivity contribution in [2.75, 3.05) is 10.6 Å². The molecule has 2 aliphatic rings. The molecule has 1 fully saturated rings. The highest BCUT2D eigenvalue weighted by Crippen LogP contribution is 2.35. The van der Waals surface area contributed by atoms with Crippen LogP contribution in [0, 0.1) is 5.92 Å². The standard InChI is InChI=1S/C12H16N2OS/c15-12-11(8-4-2-1-3-5-8)13-9-6-16-7-10(9)14-12/h6-8,11,13H,1-5H2,(H,14,15). The van der Waals surface area contributed by atoms with Gasteiger partial charge in [0.1, 0.15) is 6.04 Å². The molecule has 1 aromatic heterocycles. The third kappa shape index (κ3) is 1.71. The van der Waals surface area contributed by atoms with E-state index in [-0.39, 0.29) is 11.9 Å². The molecule has 4 heteroatoms. The van der Waals surface area contributed by atoms with E-state index < -0.39 is 0 Å². The average molecular weight is 236 g/mol. The maximum atomic E-state index is 12.0. The number of carbonyl (C=O) groups is 1. The summed E-state index contributed by atoms with van der Waals surface area (Å²) < 4.78 is 0. The van der Waals surface area contributed by atoms with Crippen LogP contribution in [0.1, 0.15) is 32.1 Å². The largest absolute Gasteiger partial charge is 0.371 e. The quantitative estimate of drug-likeness (QED) is 0.786. The van der Waals surface area contributed by atoms with E-state index in [4.69, 9.17) is 0 Å². The van der Waals surface area contributed by atoms with Gasteiger partial charge in [0.2, 0.25) is 5.91 Å². The molecule has 1 aliphatic carbocycles. The lowest BCUT2D eigenvalue weighted by molar-refractivity contribution is -0.118. The van der Waals surface area contributed by atoms with Gasteiger partial charge in [0, 0.05) is 10.8 Å². The summed E-state index contributed by atoms with van der Waals surface area (Å²) in [5.41, 5.74) is 2.04. The molecular formula is C12H16N2OS. The summed E-state index contributed by atoms with van der Waals surface area (Å²) in [6.45, 7) is 0. The van der Waals surface area contributed by atoms with Gasteiger partial charge >= 0.3 is 0 Å². The van der Waals surface area contributed by atoms with Gasteiger partial charge < -0.3 is 10.6 Å². The summed E-state index contributed by atoms with van der Waals surface area (Å²) in [6, 6.07) is -0.0117. The van der Waals surface area contributed by atoms with E-state index in [2.05, 4.69) is 16.0 Å². The van der Waals surface area contributed by atoms with Crippen LogP contribution < -0.4 is 10.6 Å². The summed E-state index contributed by atoms with van der Waals surface area (Å²) in [7, 11) is 0. The molecule has 16 heavy (non-hydrogen) atoms. The fourth-order valence-electron chi connectivity index (χ4n) is 2.75. The van der Waals surface area contributed by atoms with E-state index >= 15 is 0 Å². The minimum Gasteiger partial charge on any atom is -0.371 e. The van der Waals surface area contributed by atoms with Crippen LogP contribution in [0.15, 0.2) is 10.8 Å². The van der Waals surface area contributed by atoms with Crippen molar-refractivity contribution in [2.45, 2.75) is 38.1 Å². The van der Waals surface area contributed by atoms with Crippen LogP contribution in [0.4, 0.5) is 11.4 Å². The van der Waals surface area contributed by atoms with Gasteiger partial charge in [-0.2, -0.15) is 0 Å². The van der Waals surface area contributed by atoms with Crippen molar-refractivity contribution in [2.24, 2.45) is 5.92 Å². The fraction of sp³-hybridized carbons (Fsp3) is 0.583. The molecule has 0 bridgehead atoms. The SMILES string of the molecule is O=C1Nc2cscc2NC1C1CCCCC1. The molecule has 2 N–H and O–H groups in total. The lowest BCUT2D eigenvalue weighted by Gasteiger charge is -2.33. The van der Waals surface area contributed by atoms with Gasteiger partial charge in [-0.25, -0.2) is 0 Å². The highest BCUT2D eigenvalue weighted by Gasteiger charge is 2.33. The van der Waals surface area contributed by atoms with Crippen molar-refractivity contribution in [3.8, 4) is 0 Å². The molecule has 2 heterocycles. The second-order valence-corrected chi connectivity index (χ2v) is 5.45. The molecule has 1 unspecified atom stereocenters. The Bertz CT molecular complexity index is 395. The lowest BCUT2D eigenvalue weighted by atomic mass is 9.83. The van der Waals surface area contributed by atoms with Crippen LogP contribution in [0.5, 0.6) is 0 Å². The molecule has 0 spiro atoms. The van der Waals surface area contributed by atoms with E-state index in [1.165, 1.54) is 32.1 Å². The lowest BCUT2D eigenvalue weighted by Crippen LogP contribution is -2.44. The van der Waals surface area contributed by atoms with E-state index in [0.717, 1.165) is 11.4 Å². The minimum absolute atomic E-state index is 0.0117. The zero-order valence-electron chi connectivity index (χ0n) is 9.16. The summed E-state index contributed by atoms with van der Waals surface area (Å²) in [6.07, 6.45) is 6.24. The number of fused-ring (bicyclic) bond motifs is 1. The van der Waals surface area contributed by atoms with Crippen molar-refractivity contribution in [3.63, 3.8) is 0 Å². The van der Waals surface area contributed by atoms with Crippen LogP contribution in [0.25, 0.3) is 0 Å². The molecule has 1 amide bonds. The van der Waals surface area contributed by atoms with E-state index in [9.17, 15) is 4.79 Å². The van der Waals surface area contributed by atoms with Gasteiger partial charge in [-0.3, -0.25) is 4.79 Å². The van der Waals surface area contributed by atoms with Crippen LogP contribution in [0.2, 0.25) is 0 Å². The predicted molar refractivity (Wildman–Crippen MR) is 66.9 cm³/mol. The number of hydrogen-bond donors (Lipinski definition) is 2. The van der Waals surface area contributed by atoms with Gasteiger partial charge in [0.05, 0.1) is 11.4 Å². The third-order valence-electron chi connectivity index (χ3n) is 3.63. The minimum atomic E-state index is -0.0117. The Morgan fingerprint density at radius 2 is 1.88 bits per heavy atom. The first-order valence-electron chi connectivity index (χ1n) is 5.98. The molecule has 3 nitrogen and oxygen atoms in total. The summed E-state index contributed by atoms with van der Waals surface area (Å²) in [4.78, 5) is 12.0. The van der Waals surface area contributed by atoms with Crippen LogP contribution in [-0.2, 0) is 4.79 Å². The van der Waals surface area contributed by atoms with Crippen molar-refractivity contribution >= 4 is 28.6 Å². The number of anilines is 2. The number of hydrogen-bond acceptors (Lipinski definition) is 3. The zero-order valence-corrected chi connectivity index (χ0v) is 9.98. The van der Waals surface area contributed by atoms with Crippen LogP contribution in [-0.4, -0.2) is 11.9 Å². The third-order valence-corrected chi connectivity index (χ3v) is 4.38. The smallest absolute Gasteiger partial charge is 0.247 e. The van der Waals surface area contributed by atoms with Crippen molar-refractivity contribution in [3.05, 3.63) is 10.8 Å². The van der Waals surface area contributed by atoms with Gasteiger partial charge in [0.25, 0.3) is 0 Å². The number of thiophene rings is 1. The molecule has 0 aromatic carbocycles. The molecule has 1 atom stereocenters. The summed E-state index contributed by atoms with van der Waals surface area (Å²) in [5, 5.41) is 10.4. The Morgan fingerprint density at radius 1 is 1.12 bits per heavy atom. The van der Waals surface area contributed by atoms with Crippen LogP contribution >= 0.6 is 11.3 Å². The average Bonchev–Trinajstić information content (AvgIpc) is 2.76. The van der Waals surface area contributed by atoms with E-state index in [1.807, 2.05) is 5.38 Å². The first-order valence-corrected chi connectivity index (χ1v) is 6.92. The molecule has 1 aliphatic heterocycles. The highest BCUT2D eigenvalue weighted by atomic mass is 32.1. The first kappa shape index (κ1) is 10.1. The Hall–Kier alpha value is -1.03. The van der Waals surface area contributed by atoms with Crippen molar-refractivity contribution in [1.82, 2.24) is 0 Å². The maximum Gasteiger partial charge on any atom is 0.247 e. The molecule has 0 saturated heterocycles. The molecule has 1 aromatic rings. The van der Waals surface area contributed by atoms with Gasteiger partial charge in [0.15, 0.2) is 0 Å². The zero-order chi connectivity index (χ0) is 11.0. The monoisotopic (exact) mass is 236 g/mol. The van der Waals surface area contributed by atoms with E-state index in [1.54, 1.807) is 11.3 Å². The normalized spacial score (nSPS) is 25.8. The highest BCUT2D eigenvalue weighted by molar-refractivity contribution is 7.09. The summed E-state index contributed by atoms with van der Waals surface area (Å²) >= 11 is 1.63. The van der Waals surface area contributed by atoms with Gasteiger partial charge in [-0.05, 0) is 18.8 Å². The van der Waals surface area contributed by atoms with E-state index in [0.29, 0.717) is 5.92 Å². The van der Waals surface area contributed by atoms with Crippen molar-refractivity contribution in [1.29, 1.82) is 0 Å².